The van der Waals surface area contributed by atoms with Crippen LogP contribution < -0.4 is 0 Å². The van der Waals surface area contributed by atoms with Gasteiger partial charge < -0.3 is 0 Å². The van der Waals surface area contributed by atoms with Gasteiger partial charge in [-0.05, 0) is 98.8 Å². The maximum atomic E-state index is 13.1. The summed E-state index contributed by atoms with van der Waals surface area (Å²) in [5.74, 6) is 1.70. The van der Waals surface area contributed by atoms with Crippen molar-refractivity contribution in [1.82, 2.24) is 0 Å². The van der Waals surface area contributed by atoms with Gasteiger partial charge in [-0.25, -0.2) is 4.39 Å². The third-order valence-electron chi connectivity index (χ3n) is 6.55. The van der Waals surface area contributed by atoms with Gasteiger partial charge in [0.2, 0.25) is 0 Å². The molecular weight excluding hydrogens is 328 g/mol. The first-order valence-electron chi connectivity index (χ1n) is 10.2. The Kier molecular flexibility index (Phi) is 6.83. The summed E-state index contributed by atoms with van der Waals surface area (Å²) < 4.78 is 26.1. The number of benzene rings is 1. The fraction of sp³-hybridized carbons (Fsp3) is 0.609. The Morgan fingerprint density at radius 2 is 1.46 bits per heavy atom. The minimum atomic E-state index is -0.619. The molecule has 0 atom stereocenters. The first-order valence-corrected chi connectivity index (χ1v) is 10.2. The molecule has 2 aliphatic rings. The Bertz CT molecular complexity index is 627. The van der Waals surface area contributed by atoms with E-state index >= 15 is 0 Å². The van der Waals surface area contributed by atoms with E-state index in [4.69, 9.17) is 5.26 Å². The highest BCUT2D eigenvalue weighted by atomic mass is 19.1. The van der Waals surface area contributed by atoms with Gasteiger partial charge in [0, 0.05) is 0 Å². The lowest BCUT2D eigenvalue weighted by Gasteiger charge is -2.31. The van der Waals surface area contributed by atoms with Crippen molar-refractivity contribution in [2.45, 2.75) is 70.1 Å². The van der Waals surface area contributed by atoms with Crippen LogP contribution in [0.2, 0.25) is 0 Å². The number of halogens is 2. The lowest BCUT2D eigenvalue weighted by molar-refractivity contribution is 0.245. The Balaban J connectivity index is 1.36. The molecule has 0 amide bonds. The van der Waals surface area contributed by atoms with Crippen molar-refractivity contribution in [2.75, 3.05) is 0 Å². The summed E-state index contributed by atoms with van der Waals surface area (Å²) in [7, 11) is 0. The molecule has 3 rings (SSSR count). The average Bonchev–Trinajstić information content (AvgIpc) is 2.68. The Hall–Kier alpha value is -1.69. The third-order valence-corrected chi connectivity index (χ3v) is 6.55. The predicted molar refractivity (Wildman–Crippen MR) is 101 cm³/mol. The van der Waals surface area contributed by atoms with Gasteiger partial charge in [0.15, 0.2) is 5.83 Å². The molecule has 0 bridgehead atoms. The smallest absolute Gasteiger partial charge is 0.196 e. The van der Waals surface area contributed by atoms with Crippen molar-refractivity contribution >= 4 is 0 Å². The van der Waals surface area contributed by atoms with Gasteiger partial charge in [-0.1, -0.05) is 25.0 Å². The molecule has 1 nitrogen and oxygen atoms in total. The first-order chi connectivity index (χ1) is 12.6. The second-order valence-corrected chi connectivity index (χ2v) is 8.25. The molecule has 2 fully saturated rings. The summed E-state index contributed by atoms with van der Waals surface area (Å²) >= 11 is 0. The fourth-order valence-corrected chi connectivity index (χ4v) is 4.88. The normalized spacial score (nSPS) is 30.0. The number of rotatable bonds is 5. The SMILES string of the molecule is N#C/C(F)=C/[C@H]1CC[C@H](CC[C@H]2CC[C@H](c3ccc(F)cc3)CC2)CC1. The molecule has 140 valence electrons. The molecule has 1 aromatic rings. The topological polar surface area (TPSA) is 23.8 Å². The van der Waals surface area contributed by atoms with Crippen LogP contribution >= 0.6 is 0 Å². The molecule has 0 unspecified atom stereocenters. The van der Waals surface area contributed by atoms with Crippen LogP contribution in [0.4, 0.5) is 8.78 Å². The molecule has 0 saturated heterocycles. The minimum Gasteiger partial charge on any atom is -0.207 e. The molecule has 26 heavy (non-hydrogen) atoms. The van der Waals surface area contributed by atoms with Crippen LogP contribution in [0.1, 0.15) is 75.7 Å². The van der Waals surface area contributed by atoms with Crippen molar-refractivity contribution in [1.29, 1.82) is 5.26 Å². The lowest BCUT2D eigenvalue weighted by Crippen LogP contribution is -2.17. The predicted octanol–water partition coefficient (Wildman–Crippen LogP) is 7.06. The highest BCUT2D eigenvalue weighted by molar-refractivity contribution is 5.20. The molecular formula is C23H29F2N. The van der Waals surface area contributed by atoms with Crippen LogP contribution in [0.25, 0.3) is 0 Å². The third kappa shape index (κ3) is 5.40. The van der Waals surface area contributed by atoms with Crippen molar-refractivity contribution < 1.29 is 8.78 Å². The van der Waals surface area contributed by atoms with E-state index in [2.05, 4.69) is 0 Å². The Labute approximate surface area is 156 Å². The molecule has 3 heteroatoms. The minimum absolute atomic E-state index is 0.150. The van der Waals surface area contributed by atoms with Crippen molar-refractivity contribution in [3.05, 3.63) is 47.5 Å². The van der Waals surface area contributed by atoms with E-state index in [0.717, 1.165) is 24.7 Å². The van der Waals surface area contributed by atoms with Crippen LogP contribution in [0.3, 0.4) is 0 Å². The highest BCUT2D eigenvalue weighted by Crippen LogP contribution is 2.40. The lowest BCUT2D eigenvalue weighted by atomic mass is 9.74. The van der Waals surface area contributed by atoms with E-state index in [1.807, 2.05) is 12.1 Å². The summed E-state index contributed by atoms with van der Waals surface area (Å²) in [5.41, 5.74) is 1.29. The van der Waals surface area contributed by atoms with Gasteiger partial charge in [-0.2, -0.15) is 9.65 Å². The first kappa shape index (κ1) is 19.1. The Morgan fingerprint density at radius 3 is 2.00 bits per heavy atom. The molecule has 0 radical (unpaired) electrons. The summed E-state index contributed by atoms with van der Waals surface area (Å²) in [6, 6.07) is 8.64. The number of nitriles is 1. The zero-order chi connectivity index (χ0) is 18.4. The van der Waals surface area contributed by atoms with Crippen LogP contribution in [-0.2, 0) is 0 Å². The van der Waals surface area contributed by atoms with Gasteiger partial charge in [-0.3, -0.25) is 0 Å². The molecule has 0 N–H and O–H groups in total. The molecule has 1 aromatic carbocycles. The van der Waals surface area contributed by atoms with E-state index in [1.165, 1.54) is 63.0 Å². The van der Waals surface area contributed by atoms with Gasteiger partial charge in [0.1, 0.15) is 11.9 Å². The maximum Gasteiger partial charge on any atom is 0.196 e. The largest absolute Gasteiger partial charge is 0.207 e. The molecule has 0 heterocycles. The molecule has 0 aliphatic heterocycles. The highest BCUT2D eigenvalue weighted by Gasteiger charge is 2.25. The van der Waals surface area contributed by atoms with Crippen LogP contribution in [0.5, 0.6) is 0 Å². The number of nitrogens with zero attached hydrogens (tertiary/aromatic N) is 1. The van der Waals surface area contributed by atoms with Crippen LogP contribution in [0.15, 0.2) is 36.2 Å². The Morgan fingerprint density at radius 1 is 0.923 bits per heavy atom. The van der Waals surface area contributed by atoms with Crippen molar-refractivity contribution in [3.63, 3.8) is 0 Å². The second-order valence-electron chi connectivity index (χ2n) is 8.25. The fourth-order valence-electron chi connectivity index (χ4n) is 4.88. The van der Waals surface area contributed by atoms with Gasteiger partial charge in [0.25, 0.3) is 0 Å². The molecule has 0 aromatic heterocycles. The zero-order valence-corrected chi connectivity index (χ0v) is 15.5. The maximum absolute atomic E-state index is 13.1. The van der Waals surface area contributed by atoms with Gasteiger partial charge in [-0.15, -0.1) is 0 Å². The van der Waals surface area contributed by atoms with Crippen LogP contribution in [-0.4, -0.2) is 0 Å². The standard InChI is InChI=1S/C23H29F2N/c24-22-13-11-21(12-14-22)20-9-7-18(8-10-20)2-1-17-3-5-19(6-4-17)15-23(25)16-26/h11-15,17-20H,1-10H2/b23-15-/t17-,18-,19-,20-. The van der Waals surface area contributed by atoms with Gasteiger partial charge in [0.05, 0.1) is 0 Å². The second kappa shape index (κ2) is 9.31. The average molecular weight is 357 g/mol. The van der Waals surface area contributed by atoms with Crippen LogP contribution in [0, 0.1) is 34.9 Å². The quantitative estimate of drug-likeness (QED) is 0.517. The van der Waals surface area contributed by atoms with Crippen molar-refractivity contribution in [2.24, 2.45) is 17.8 Å². The zero-order valence-electron chi connectivity index (χ0n) is 15.5. The summed E-state index contributed by atoms with van der Waals surface area (Å²) in [4.78, 5) is 0. The van der Waals surface area contributed by atoms with E-state index in [1.54, 1.807) is 18.2 Å². The van der Waals surface area contributed by atoms with E-state index < -0.39 is 5.83 Å². The van der Waals surface area contributed by atoms with Gasteiger partial charge >= 0.3 is 0 Å². The summed E-state index contributed by atoms with van der Waals surface area (Å²) in [6.45, 7) is 0. The summed E-state index contributed by atoms with van der Waals surface area (Å²) in [6.07, 6.45) is 13.5. The number of hydrogen-bond acceptors (Lipinski definition) is 1. The monoisotopic (exact) mass is 357 g/mol. The molecule has 2 aliphatic carbocycles. The van der Waals surface area contributed by atoms with E-state index in [9.17, 15) is 8.78 Å². The summed E-state index contributed by atoms with van der Waals surface area (Å²) in [5, 5.41) is 8.54. The molecule has 2 saturated carbocycles. The van der Waals surface area contributed by atoms with E-state index in [-0.39, 0.29) is 11.7 Å². The van der Waals surface area contributed by atoms with E-state index in [0.29, 0.717) is 5.92 Å². The number of allylic oxidation sites excluding steroid dienone is 2. The number of hydrogen-bond donors (Lipinski definition) is 0. The van der Waals surface area contributed by atoms with Crippen molar-refractivity contribution in [3.8, 4) is 6.07 Å². The molecule has 0 spiro atoms.